The Morgan fingerprint density at radius 2 is 1.28 bits per heavy atom. The summed E-state index contributed by atoms with van der Waals surface area (Å²) in [5.41, 5.74) is 0.397. The molecule has 0 saturated carbocycles. The highest BCUT2D eigenvalue weighted by Gasteiger charge is 2.46. The number of rotatable bonds is 2. The summed E-state index contributed by atoms with van der Waals surface area (Å²) < 4.78 is 0. The first kappa shape index (κ1) is 11.3. The Balaban J connectivity index is 2.25. The predicted molar refractivity (Wildman–Crippen MR) is 70.6 cm³/mol. The van der Waals surface area contributed by atoms with E-state index >= 15 is 0 Å². The molecule has 0 bridgehead atoms. The highest BCUT2D eigenvalue weighted by molar-refractivity contribution is 7.63. The van der Waals surface area contributed by atoms with Gasteiger partial charge in [-0.1, -0.05) is 60.7 Å². The quantitative estimate of drug-likeness (QED) is 0.767. The molecule has 0 aromatic heterocycles. The first-order valence-electron chi connectivity index (χ1n) is 5.68. The van der Waals surface area contributed by atoms with Crippen LogP contribution in [0.1, 0.15) is 11.1 Å². The summed E-state index contributed by atoms with van der Waals surface area (Å²) >= 11 is 0. The summed E-state index contributed by atoms with van der Waals surface area (Å²) in [5, 5.41) is 12.1. The zero-order valence-corrected chi connectivity index (χ0v) is 10.4. The van der Waals surface area contributed by atoms with Gasteiger partial charge in [-0.15, -0.1) is 5.48 Å². The first-order valence-corrected chi connectivity index (χ1v) is 6.57. The molecule has 18 heavy (non-hydrogen) atoms. The molecule has 3 rings (SSSR count). The molecule has 0 radical (unpaired) electrons. The van der Waals surface area contributed by atoms with E-state index in [9.17, 15) is 9.90 Å². The standard InChI is InChI=1S/C15H11O2P/c16-13-15(14(17)18-13,11-7-3-1-4-8-11)12-9-5-2-6-10-12/h1-10,16H/p-1. The van der Waals surface area contributed by atoms with Crippen LogP contribution in [0.4, 0.5) is 0 Å². The molecule has 88 valence electrons. The fourth-order valence-corrected chi connectivity index (χ4v) is 3.41. The molecule has 0 saturated heterocycles. The monoisotopic (exact) mass is 253 g/mol. The van der Waals surface area contributed by atoms with Crippen molar-refractivity contribution >= 4 is 19.2 Å². The summed E-state index contributed by atoms with van der Waals surface area (Å²) in [4.78, 5) is 12.1. The Bertz CT molecular complexity index is 578. The molecule has 0 fully saturated rings. The zero-order valence-electron chi connectivity index (χ0n) is 9.54. The zero-order chi connectivity index (χ0) is 12.6. The van der Waals surface area contributed by atoms with Gasteiger partial charge in [0.25, 0.3) is 0 Å². The maximum atomic E-state index is 12.1. The van der Waals surface area contributed by atoms with Crippen molar-refractivity contribution in [3.63, 3.8) is 0 Å². The van der Waals surface area contributed by atoms with Gasteiger partial charge in [-0.05, 0) is 19.3 Å². The third-order valence-electron chi connectivity index (χ3n) is 3.26. The molecule has 2 aromatic carbocycles. The van der Waals surface area contributed by atoms with Crippen LogP contribution in [-0.2, 0) is 10.2 Å². The maximum Gasteiger partial charge on any atom is 0.198 e. The molecule has 0 unspecified atom stereocenters. The van der Waals surface area contributed by atoms with E-state index in [-0.39, 0.29) is 11.0 Å². The lowest BCUT2D eigenvalue weighted by Crippen LogP contribution is -2.54. The lowest BCUT2D eigenvalue weighted by molar-refractivity contribution is -0.218. The van der Waals surface area contributed by atoms with Gasteiger partial charge in [0.1, 0.15) is 0 Å². The summed E-state index contributed by atoms with van der Waals surface area (Å²) in [6.45, 7) is 0. The van der Waals surface area contributed by atoms with E-state index < -0.39 is 5.41 Å². The lowest BCUT2D eigenvalue weighted by atomic mass is 9.75. The van der Waals surface area contributed by atoms with Crippen molar-refractivity contribution in [1.29, 1.82) is 0 Å². The molecule has 0 spiro atoms. The molecule has 1 aliphatic heterocycles. The molecular weight excluding hydrogens is 243 g/mol. The fraction of sp³-hybridized carbons (Fsp3) is 0.0667. The molecule has 2 aromatic rings. The molecular formula is C15H10O2P-. The van der Waals surface area contributed by atoms with Crippen LogP contribution in [0.5, 0.6) is 0 Å². The Kier molecular flexibility index (Phi) is 2.62. The summed E-state index contributed by atoms with van der Waals surface area (Å²) in [5.74, 6) is 0. The van der Waals surface area contributed by atoms with Gasteiger partial charge in [0, 0.05) is 0 Å². The predicted octanol–water partition coefficient (Wildman–Crippen LogP) is 1.95. The smallest absolute Gasteiger partial charge is 0.198 e. The van der Waals surface area contributed by atoms with Gasteiger partial charge in [0.15, 0.2) is 5.52 Å². The third-order valence-corrected chi connectivity index (χ3v) is 4.34. The summed E-state index contributed by atoms with van der Waals surface area (Å²) in [6, 6.07) is 18.6. The Morgan fingerprint density at radius 3 is 1.61 bits per heavy atom. The van der Waals surface area contributed by atoms with E-state index in [1.165, 1.54) is 0 Å². The van der Waals surface area contributed by atoms with Crippen molar-refractivity contribution in [3.05, 3.63) is 71.8 Å². The van der Waals surface area contributed by atoms with Crippen LogP contribution in [-0.4, -0.2) is 11.0 Å². The second-order valence-corrected chi connectivity index (χ2v) is 5.24. The molecule has 0 atom stereocenters. The van der Waals surface area contributed by atoms with Crippen LogP contribution < -0.4 is 5.11 Å². The number of carbonyl (C=O) groups is 1. The average molecular weight is 253 g/mol. The van der Waals surface area contributed by atoms with Crippen LogP contribution in [0.3, 0.4) is 0 Å². The Morgan fingerprint density at radius 1 is 0.833 bits per heavy atom. The first-order chi connectivity index (χ1) is 8.76. The highest BCUT2D eigenvalue weighted by atomic mass is 31.1. The Labute approximate surface area is 107 Å². The van der Waals surface area contributed by atoms with E-state index in [2.05, 4.69) is 0 Å². The normalized spacial score (nSPS) is 17.8. The SMILES string of the molecule is O=C1P=C([O-])C1(c1ccccc1)c1ccccc1. The topological polar surface area (TPSA) is 40.1 Å². The number of hydrogen-bond donors (Lipinski definition) is 0. The average Bonchev–Trinajstić information content (AvgIpc) is 2.41. The molecule has 0 aliphatic carbocycles. The largest absolute Gasteiger partial charge is 0.826 e. The van der Waals surface area contributed by atoms with Crippen LogP contribution in [0.2, 0.25) is 0 Å². The van der Waals surface area contributed by atoms with Gasteiger partial charge in [-0.25, -0.2) is 0 Å². The fourth-order valence-electron chi connectivity index (χ4n) is 2.34. The minimum Gasteiger partial charge on any atom is -0.826 e. The molecule has 0 amide bonds. The second-order valence-electron chi connectivity index (χ2n) is 4.20. The van der Waals surface area contributed by atoms with Gasteiger partial charge in [-0.3, -0.25) is 4.79 Å². The van der Waals surface area contributed by atoms with Crippen LogP contribution >= 0.6 is 8.20 Å². The minimum absolute atomic E-state index is 0.0371. The molecule has 0 N–H and O–H groups in total. The van der Waals surface area contributed by atoms with Crippen molar-refractivity contribution in [2.45, 2.75) is 5.41 Å². The van der Waals surface area contributed by atoms with Gasteiger partial charge in [-0.2, -0.15) is 0 Å². The van der Waals surface area contributed by atoms with Gasteiger partial charge in [0.2, 0.25) is 0 Å². The highest BCUT2D eigenvalue weighted by Crippen LogP contribution is 2.45. The van der Waals surface area contributed by atoms with Gasteiger partial charge in [0.05, 0.1) is 5.41 Å². The second kappa shape index (κ2) is 4.16. The molecule has 1 aliphatic rings. The number of benzene rings is 2. The summed E-state index contributed by atoms with van der Waals surface area (Å²) in [6.07, 6.45) is 0. The minimum atomic E-state index is -1.07. The maximum absolute atomic E-state index is 12.1. The van der Waals surface area contributed by atoms with Crippen molar-refractivity contribution in [1.82, 2.24) is 0 Å². The van der Waals surface area contributed by atoms with E-state index in [1.807, 2.05) is 60.7 Å². The van der Waals surface area contributed by atoms with Crippen molar-refractivity contribution in [3.8, 4) is 0 Å². The van der Waals surface area contributed by atoms with Gasteiger partial charge >= 0.3 is 0 Å². The molecule has 1 heterocycles. The third kappa shape index (κ3) is 1.40. The number of carbonyl (C=O) groups excluding carboxylic acids is 1. The molecule has 2 nitrogen and oxygen atoms in total. The lowest BCUT2D eigenvalue weighted by Gasteiger charge is -2.44. The van der Waals surface area contributed by atoms with Crippen LogP contribution in [0.15, 0.2) is 60.7 Å². The molecule has 3 heteroatoms. The van der Waals surface area contributed by atoms with Crippen molar-refractivity contribution < 1.29 is 9.90 Å². The van der Waals surface area contributed by atoms with Crippen LogP contribution in [0.25, 0.3) is 0 Å². The van der Waals surface area contributed by atoms with E-state index in [1.54, 1.807) is 0 Å². The number of hydrogen-bond acceptors (Lipinski definition) is 2. The van der Waals surface area contributed by atoms with Gasteiger partial charge < -0.3 is 5.11 Å². The van der Waals surface area contributed by atoms with Crippen molar-refractivity contribution in [2.75, 3.05) is 0 Å². The summed E-state index contributed by atoms with van der Waals surface area (Å²) in [7, 11) is 0.298. The van der Waals surface area contributed by atoms with Crippen LogP contribution in [0, 0.1) is 0 Å². The van der Waals surface area contributed by atoms with E-state index in [0.717, 1.165) is 11.1 Å². The van der Waals surface area contributed by atoms with Crippen molar-refractivity contribution in [2.24, 2.45) is 0 Å². The van der Waals surface area contributed by atoms with E-state index in [4.69, 9.17) is 0 Å². The Hall–Kier alpha value is -1.76. The van der Waals surface area contributed by atoms with E-state index in [0.29, 0.717) is 8.20 Å².